The fourth-order valence-electron chi connectivity index (χ4n) is 2.22. The molecule has 0 fully saturated rings. The molecule has 0 saturated carbocycles. The molecule has 7 nitrogen and oxygen atoms in total. The summed E-state index contributed by atoms with van der Waals surface area (Å²) in [7, 11) is 1.30. The predicted molar refractivity (Wildman–Crippen MR) is 97.4 cm³/mol. The van der Waals surface area contributed by atoms with Crippen LogP contribution in [0.25, 0.3) is 11.3 Å². The smallest absolute Gasteiger partial charge is 0.354 e. The molecule has 0 bridgehead atoms. The number of Topliss-reactive ketones (excluding diaryl/α,β-unsaturated/α-hetero) is 1. The maximum Gasteiger partial charge on any atom is 0.354 e. The number of rotatable bonds is 5. The number of esters is 1. The molecule has 1 aromatic carbocycles. The Balaban J connectivity index is 1.71. The van der Waals surface area contributed by atoms with Crippen LogP contribution < -0.4 is 5.32 Å². The van der Waals surface area contributed by atoms with Crippen molar-refractivity contribution >= 4 is 34.1 Å². The monoisotopic (exact) mass is 369 g/mol. The number of aromatic nitrogens is 2. The van der Waals surface area contributed by atoms with E-state index >= 15 is 0 Å². The van der Waals surface area contributed by atoms with Gasteiger partial charge in [-0.1, -0.05) is 29.8 Å². The zero-order valence-electron chi connectivity index (χ0n) is 14.0. The molecule has 0 saturated heterocycles. The van der Waals surface area contributed by atoms with Gasteiger partial charge in [-0.05, 0) is 13.0 Å². The molecule has 26 heavy (non-hydrogen) atoms. The SMILES string of the molecule is COC(=O)c1cc(-c2csc(NC(=O)C(=O)c3ccc(C)cc3)n2)c[nH]1. The summed E-state index contributed by atoms with van der Waals surface area (Å²) in [5.74, 6) is -1.86. The summed E-state index contributed by atoms with van der Waals surface area (Å²) < 4.78 is 4.64. The minimum Gasteiger partial charge on any atom is -0.464 e. The summed E-state index contributed by atoms with van der Waals surface area (Å²) in [5.41, 5.74) is 2.87. The van der Waals surface area contributed by atoms with Crippen molar-refractivity contribution in [1.82, 2.24) is 9.97 Å². The molecule has 0 spiro atoms. The Bertz CT molecular complexity index is 972. The highest BCUT2D eigenvalue weighted by Gasteiger charge is 2.18. The first-order valence-corrected chi connectivity index (χ1v) is 8.51. The molecular weight excluding hydrogens is 354 g/mol. The number of aromatic amines is 1. The summed E-state index contributed by atoms with van der Waals surface area (Å²) in [5, 5.41) is 4.52. The van der Waals surface area contributed by atoms with Crippen molar-refractivity contribution in [3.05, 3.63) is 58.7 Å². The van der Waals surface area contributed by atoms with E-state index in [9.17, 15) is 14.4 Å². The average molecular weight is 369 g/mol. The average Bonchev–Trinajstić information content (AvgIpc) is 3.30. The second-order valence-electron chi connectivity index (χ2n) is 5.48. The number of nitrogens with one attached hydrogen (secondary N) is 2. The maximum absolute atomic E-state index is 12.2. The second kappa shape index (κ2) is 7.32. The van der Waals surface area contributed by atoms with Crippen molar-refractivity contribution in [1.29, 1.82) is 0 Å². The van der Waals surface area contributed by atoms with Crippen molar-refractivity contribution in [3.8, 4) is 11.3 Å². The number of hydrogen-bond donors (Lipinski definition) is 2. The Kier molecular flexibility index (Phi) is 4.94. The minimum absolute atomic E-state index is 0.297. The van der Waals surface area contributed by atoms with Crippen molar-refractivity contribution in [2.75, 3.05) is 12.4 Å². The van der Waals surface area contributed by atoms with Gasteiger partial charge in [0.1, 0.15) is 5.69 Å². The van der Waals surface area contributed by atoms with Gasteiger partial charge < -0.3 is 9.72 Å². The number of amides is 1. The summed E-state index contributed by atoms with van der Waals surface area (Å²) in [6.45, 7) is 1.90. The third-order valence-electron chi connectivity index (χ3n) is 3.63. The number of anilines is 1. The van der Waals surface area contributed by atoms with E-state index < -0.39 is 17.7 Å². The van der Waals surface area contributed by atoms with Crippen LogP contribution >= 0.6 is 11.3 Å². The van der Waals surface area contributed by atoms with Crippen LogP contribution in [0.2, 0.25) is 0 Å². The zero-order chi connectivity index (χ0) is 18.7. The molecule has 0 aliphatic carbocycles. The van der Waals surface area contributed by atoms with Crippen LogP contribution in [0.5, 0.6) is 0 Å². The van der Waals surface area contributed by atoms with E-state index in [1.54, 1.807) is 41.9 Å². The van der Waals surface area contributed by atoms with Crippen molar-refractivity contribution in [3.63, 3.8) is 0 Å². The highest BCUT2D eigenvalue weighted by molar-refractivity contribution is 7.14. The number of carbonyl (C=O) groups excluding carboxylic acids is 3. The van der Waals surface area contributed by atoms with E-state index in [4.69, 9.17) is 0 Å². The topological polar surface area (TPSA) is 101 Å². The van der Waals surface area contributed by atoms with Gasteiger partial charge in [0.05, 0.1) is 12.8 Å². The Morgan fingerprint density at radius 2 is 1.92 bits per heavy atom. The second-order valence-corrected chi connectivity index (χ2v) is 6.34. The lowest BCUT2D eigenvalue weighted by atomic mass is 10.1. The molecule has 0 radical (unpaired) electrons. The molecule has 3 rings (SSSR count). The molecule has 2 N–H and O–H groups in total. The van der Waals surface area contributed by atoms with Gasteiger partial charge in [-0.3, -0.25) is 14.9 Å². The van der Waals surface area contributed by atoms with Gasteiger partial charge in [-0.25, -0.2) is 9.78 Å². The largest absolute Gasteiger partial charge is 0.464 e. The van der Waals surface area contributed by atoms with E-state index in [1.165, 1.54) is 18.4 Å². The molecule has 3 aromatic rings. The summed E-state index contributed by atoms with van der Waals surface area (Å²) >= 11 is 1.19. The fraction of sp³-hybridized carbons (Fsp3) is 0.111. The van der Waals surface area contributed by atoms with Crippen molar-refractivity contribution in [2.24, 2.45) is 0 Å². The molecule has 132 valence electrons. The van der Waals surface area contributed by atoms with E-state index in [2.05, 4.69) is 20.0 Å². The lowest BCUT2D eigenvalue weighted by molar-refractivity contribution is -0.112. The third-order valence-corrected chi connectivity index (χ3v) is 4.39. The number of thiazole rings is 1. The Morgan fingerprint density at radius 3 is 2.62 bits per heavy atom. The van der Waals surface area contributed by atoms with Gasteiger partial charge in [-0.15, -0.1) is 11.3 Å². The normalized spacial score (nSPS) is 10.4. The summed E-state index contributed by atoms with van der Waals surface area (Å²) in [6.07, 6.45) is 1.62. The molecule has 2 aromatic heterocycles. The number of aryl methyl sites for hydroxylation is 1. The third kappa shape index (κ3) is 3.70. The van der Waals surface area contributed by atoms with Crippen LogP contribution in [0.15, 0.2) is 41.9 Å². The summed E-state index contributed by atoms with van der Waals surface area (Å²) in [4.78, 5) is 42.8. The quantitative estimate of drug-likeness (QED) is 0.409. The summed E-state index contributed by atoms with van der Waals surface area (Å²) in [6, 6.07) is 8.36. The first-order valence-electron chi connectivity index (χ1n) is 7.63. The van der Waals surface area contributed by atoms with E-state index in [1.807, 2.05) is 6.92 Å². The molecule has 0 unspecified atom stereocenters. The number of H-pyrrole nitrogens is 1. The molecular formula is C18H15N3O4S. The van der Waals surface area contributed by atoms with Crippen LogP contribution in [-0.4, -0.2) is 34.7 Å². The first-order chi connectivity index (χ1) is 12.5. The number of ether oxygens (including phenoxy) is 1. The van der Waals surface area contributed by atoms with Gasteiger partial charge in [0, 0.05) is 22.7 Å². The maximum atomic E-state index is 12.2. The number of ketones is 1. The van der Waals surface area contributed by atoms with Crippen LogP contribution in [0.4, 0.5) is 5.13 Å². The number of benzene rings is 1. The number of nitrogens with zero attached hydrogens (tertiary/aromatic N) is 1. The lowest BCUT2D eigenvalue weighted by Gasteiger charge is -2.01. The molecule has 8 heteroatoms. The predicted octanol–water partition coefficient (Wildman–Crippen LogP) is 3.05. The first kappa shape index (κ1) is 17.6. The zero-order valence-corrected chi connectivity index (χ0v) is 14.8. The van der Waals surface area contributed by atoms with Crippen LogP contribution in [0.1, 0.15) is 26.4 Å². The van der Waals surface area contributed by atoms with Gasteiger partial charge in [0.15, 0.2) is 5.13 Å². The fourth-order valence-corrected chi connectivity index (χ4v) is 2.94. The molecule has 0 atom stereocenters. The molecule has 2 heterocycles. The number of hydrogen-bond acceptors (Lipinski definition) is 6. The minimum atomic E-state index is -0.751. The van der Waals surface area contributed by atoms with Crippen LogP contribution in [-0.2, 0) is 9.53 Å². The molecule has 0 aliphatic rings. The van der Waals surface area contributed by atoms with Gasteiger partial charge in [0.25, 0.3) is 11.7 Å². The van der Waals surface area contributed by atoms with Crippen LogP contribution in [0.3, 0.4) is 0 Å². The highest BCUT2D eigenvalue weighted by atomic mass is 32.1. The lowest BCUT2D eigenvalue weighted by Crippen LogP contribution is -2.22. The van der Waals surface area contributed by atoms with E-state index in [0.29, 0.717) is 27.6 Å². The molecule has 0 aliphatic heterocycles. The highest BCUT2D eigenvalue weighted by Crippen LogP contribution is 2.25. The standard InChI is InChI=1S/C18H15N3O4S/c1-10-3-5-11(6-4-10)15(22)16(23)21-18-20-14(9-26-18)12-7-13(19-8-12)17(24)25-2/h3-9,19H,1-2H3,(H,20,21,23). The number of methoxy groups -OCH3 is 1. The van der Waals surface area contributed by atoms with Crippen molar-refractivity contribution in [2.45, 2.75) is 6.92 Å². The Hall–Kier alpha value is -3.26. The Morgan fingerprint density at radius 1 is 1.19 bits per heavy atom. The van der Waals surface area contributed by atoms with Crippen LogP contribution in [0, 0.1) is 6.92 Å². The van der Waals surface area contributed by atoms with Crippen molar-refractivity contribution < 1.29 is 19.1 Å². The van der Waals surface area contributed by atoms with E-state index in [0.717, 1.165) is 5.56 Å². The van der Waals surface area contributed by atoms with Gasteiger partial charge in [-0.2, -0.15) is 0 Å². The van der Waals surface area contributed by atoms with Gasteiger partial charge in [0.2, 0.25) is 0 Å². The van der Waals surface area contributed by atoms with E-state index in [-0.39, 0.29) is 0 Å². The Labute approximate surface area is 153 Å². The molecule has 1 amide bonds. The van der Waals surface area contributed by atoms with Gasteiger partial charge >= 0.3 is 5.97 Å². The number of carbonyl (C=O) groups is 3.